The molecule has 0 aliphatic carbocycles. The number of imide groups is 1. The average Bonchev–Trinajstić information content (AvgIpc) is 2.49. The fourth-order valence-electron chi connectivity index (χ4n) is 2.53. The number of nitrogens with one attached hydrogen (secondary N) is 3. The van der Waals surface area contributed by atoms with E-state index in [1.807, 2.05) is 6.07 Å². The Kier molecular flexibility index (Phi) is 5.20. The van der Waals surface area contributed by atoms with Crippen LogP contribution in [0.15, 0.2) is 23.3 Å². The van der Waals surface area contributed by atoms with E-state index in [0.717, 1.165) is 12.0 Å². The van der Waals surface area contributed by atoms with Gasteiger partial charge in [0.25, 0.3) is 5.91 Å². The molecule has 3 amide bonds. The van der Waals surface area contributed by atoms with Crippen LogP contribution in [0.3, 0.4) is 0 Å². The molecule has 1 saturated heterocycles. The molecule has 1 atom stereocenters. The summed E-state index contributed by atoms with van der Waals surface area (Å²) in [4.78, 5) is 35.3. The van der Waals surface area contributed by atoms with Crippen molar-refractivity contribution in [1.29, 1.82) is 5.53 Å². The van der Waals surface area contributed by atoms with Gasteiger partial charge >= 0.3 is 0 Å². The number of carbonyl (C=O) groups is 3. The van der Waals surface area contributed by atoms with Crippen molar-refractivity contribution in [1.82, 2.24) is 10.6 Å². The minimum absolute atomic E-state index is 0.194. The lowest BCUT2D eigenvalue weighted by atomic mass is 9.99. The first-order chi connectivity index (χ1) is 10.9. The summed E-state index contributed by atoms with van der Waals surface area (Å²) in [6.45, 7) is 4.15. The van der Waals surface area contributed by atoms with Crippen LogP contribution in [0.5, 0.6) is 0 Å². The Balaban J connectivity index is 2.18. The highest BCUT2D eigenvalue weighted by Gasteiger charge is 2.28. The van der Waals surface area contributed by atoms with Gasteiger partial charge in [-0.15, -0.1) is 0 Å². The average molecular weight is 316 g/mol. The maximum atomic E-state index is 12.4. The Labute approximate surface area is 134 Å². The molecular weight excluding hydrogens is 296 g/mol. The Hall–Kier alpha value is -2.57. The van der Waals surface area contributed by atoms with Crippen LogP contribution in [0.2, 0.25) is 0 Å². The number of rotatable bonds is 5. The minimum Gasteiger partial charge on any atom is -0.340 e. The van der Waals surface area contributed by atoms with Gasteiger partial charge in [0, 0.05) is 6.42 Å². The molecule has 1 fully saturated rings. The Bertz CT molecular complexity index is 655. The van der Waals surface area contributed by atoms with E-state index < -0.39 is 17.9 Å². The van der Waals surface area contributed by atoms with E-state index in [4.69, 9.17) is 5.53 Å². The molecule has 1 heterocycles. The summed E-state index contributed by atoms with van der Waals surface area (Å²) in [5, 5.41) is 8.18. The van der Waals surface area contributed by atoms with Crippen LogP contribution in [-0.2, 0) is 16.0 Å². The lowest BCUT2D eigenvalue weighted by Crippen LogP contribution is -2.52. The summed E-state index contributed by atoms with van der Waals surface area (Å²) >= 11 is 0. The van der Waals surface area contributed by atoms with E-state index in [2.05, 4.69) is 29.6 Å². The Morgan fingerprint density at radius 3 is 2.78 bits per heavy atom. The van der Waals surface area contributed by atoms with Crippen molar-refractivity contribution in [3.63, 3.8) is 0 Å². The van der Waals surface area contributed by atoms with E-state index in [0.29, 0.717) is 5.92 Å². The van der Waals surface area contributed by atoms with Gasteiger partial charge in [-0.1, -0.05) is 19.9 Å². The molecular formula is C16H20N4O3. The number of benzene rings is 1. The van der Waals surface area contributed by atoms with E-state index >= 15 is 0 Å². The Morgan fingerprint density at radius 2 is 2.17 bits per heavy atom. The van der Waals surface area contributed by atoms with Gasteiger partial charge in [-0.05, 0) is 36.5 Å². The molecule has 7 nitrogen and oxygen atoms in total. The quantitative estimate of drug-likeness (QED) is 0.571. The Morgan fingerprint density at radius 1 is 1.43 bits per heavy atom. The highest BCUT2D eigenvalue weighted by Crippen LogP contribution is 2.22. The van der Waals surface area contributed by atoms with Crippen molar-refractivity contribution < 1.29 is 14.4 Å². The normalized spacial score (nSPS) is 17.8. The molecule has 3 N–H and O–H groups in total. The van der Waals surface area contributed by atoms with Crippen LogP contribution in [-0.4, -0.2) is 23.8 Å². The fraction of sp³-hybridized carbons (Fsp3) is 0.438. The standard InChI is InChI=1S/C16H20N4O3/c1-9(2)7-10-3-4-12(20-17)11(8-10)15(22)18-13-5-6-14(21)19-16(13)23/h3-4,8-9,13,17H,5-7H2,1-2H3,(H,18,22)(H,19,21,23). The van der Waals surface area contributed by atoms with Crippen LogP contribution in [0.4, 0.5) is 5.69 Å². The number of piperidine rings is 1. The monoisotopic (exact) mass is 316 g/mol. The fourth-order valence-corrected chi connectivity index (χ4v) is 2.53. The highest BCUT2D eigenvalue weighted by atomic mass is 16.2. The van der Waals surface area contributed by atoms with Crippen molar-refractivity contribution >= 4 is 23.4 Å². The number of hydrogen-bond acceptors (Lipinski definition) is 5. The molecule has 0 radical (unpaired) electrons. The minimum atomic E-state index is -0.743. The number of hydrogen-bond donors (Lipinski definition) is 3. The first kappa shape index (κ1) is 16.8. The molecule has 23 heavy (non-hydrogen) atoms. The van der Waals surface area contributed by atoms with Gasteiger partial charge in [0.05, 0.1) is 11.3 Å². The third-order valence-electron chi connectivity index (χ3n) is 3.61. The van der Waals surface area contributed by atoms with Crippen molar-refractivity contribution in [3.05, 3.63) is 29.3 Å². The maximum absolute atomic E-state index is 12.4. The SMILES string of the molecule is CC(C)Cc1ccc(N=N)c(C(=O)NC2CCC(=O)NC2=O)c1. The van der Waals surface area contributed by atoms with Crippen LogP contribution in [0, 0.1) is 11.4 Å². The van der Waals surface area contributed by atoms with E-state index in [-0.39, 0.29) is 30.0 Å². The predicted molar refractivity (Wildman–Crippen MR) is 83.4 cm³/mol. The van der Waals surface area contributed by atoms with Crippen LogP contribution < -0.4 is 10.6 Å². The van der Waals surface area contributed by atoms with Gasteiger partial charge in [0.15, 0.2) is 0 Å². The van der Waals surface area contributed by atoms with Gasteiger partial charge in [-0.25, -0.2) is 5.53 Å². The van der Waals surface area contributed by atoms with Crippen LogP contribution in [0.25, 0.3) is 0 Å². The van der Waals surface area contributed by atoms with Gasteiger partial charge in [0.2, 0.25) is 11.8 Å². The summed E-state index contributed by atoms with van der Waals surface area (Å²) in [6, 6.07) is 4.43. The van der Waals surface area contributed by atoms with Crippen molar-refractivity contribution in [2.45, 2.75) is 39.2 Å². The first-order valence-corrected chi connectivity index (χ1v) is 7.55. The topological polar surface area (TPSA) is 111 Å². The molecule has 1 aliphatic rings. The second-order valence-corrected chi connectivity index (χ2v) is 6.04. The zero-order chi connectivity index (χ0) is 17.0. The largest absolute Gasteiger partial charge is 0.340 e. The number of nitrogens with zero attached hydrogens (tertiary/aromatic N) is 1. The molecule has 0 saturated carbocycles. The molecule has 1 unspecified atom stereocenters. The second-order valence-electron chi connectivity index (χ2n) is 6.04. The zero-order valence-corrected chi connectivity index (χ0v) is 13.2. The summed E-state index contributed by atoms with van der Waals surface area (Å²) in [5.41, 5.74) is 8.69. The first-order valence-electron chi connectivity index (χ1n) is 7.55. The summed E-state index contributed by atoms with van der Waals surface area (Å²) in [5.74, 6) is -0.866. The van der Waals surface area contributed by atoms with Crippen molar-refractivity contribution in [2.75, 3.05) is 0 Å². The van der Waals surface area contributed by atoms with Gasteiger partial charge < -0.3 is 5.32 Å². The van der Waals surface area contributed by atoms with E-state index in [1.165, 1.54) is 0 Å². The molecule has 1 aromatic carbocycles. The van der Waals surface area contributed by atoms with Crippen molar-refractivity contribution in [3.8, 4) is 0 Å². The number of carbonyl (C=O) groups excluding carboxylic acids is 3. The lowest BCUT2D eigenvalue weighted by Gasteiger charge is -2.22. The van der Waals surface area contributed by atoms with Gasteiger partial charge in [-0.2, -0.15) is 5.11 Å². The summed E-state index contributed by atoms with van der Waals surface area (Å²) < 4.78 is 0. The molecule has 0 bridgehead atoms. The van der Waals surface area contributed by atoms with Crippen LogP contribution in [0.1, 0.15) is 42.6 Å². The molecule has 122 valence electrons. The van der Waals surface area contributed by atoms with E-state index in [9.17, 15) is 14.4 Å². The number of amides is 3. The summed E-state index contributed by atoms with van der Waals surface area (Å²) in [7, 11) is 0. The summed E-state index contributed by atoms with van der Waals surface area (Å²) in [6.07, 6.45) is 1.27. The lowest BCUT2D eigenvalue weighted by molar-refractivity contribution is -0.134. The van der Waals surface area contributed by atoms with Gasteiger partial charge in [-0.3, -0.25) is 19.7 Å². The van der Waals surface area contributed by atoms with Crippen LogP contribution >= 0.6 is 0 Å². The molecule has 0 spiro atoms. The molecule has 1 aliphatic heterocycles. The molecule has 0 aromatic heterocycles. The molecule has 1 aromatic rings. The van der Waals surface area contributed by atoms with Gasteiger partial charge in [0.1, 0.15) is 6.04 Å². The van der Waals surface area contributed by atoms with E-state index in [1.54, 1.807) is 12.1 Å². The zero-order valence-electron chi connectivity index (χ0n) is 13.2. The third kappa shape index (κ3) is 4.21. The molecule has 7 heteroatoms. The molecule has 2 rings (SSSR count). The van der Waals surface area contributed by atoms with Crippen molar-refractivity contribution in [2.24, 2.45) is 11.0 Å². The maximum Gasteiger partial charge on any atom is 0.254 e. The highest BCUT2D eigenvalue weighted by molar-refractivity contribution is 6.05. The predicted octanol–water partition coefficient (Wildman–Crippen LogP) is 2.08. The third-order valence-corrected chi connectivity index (χ3v) is 3.61. The smallest absolute Gasteiger partial charge is 0.254 e. The second kappa shape index (κ2) is 7.13.